The zero-order chi connectivity index (χ0) is 14.4. The van der Waals surface area contributed by atoms with E-state index in [1.807, 2.05) is 19.0 Å². The highest BCUT2D eigenvalue weighted by atomic mass is 19.1. The zero-order valence-electron chi connectivity index (χ0n) is 12.2. The Bertz CT molecular complexity index is 419. The number of benzene rings is 1. The summed E-state index contributed by atoms with van der Waals surface area (Å²) >= 11 is 0. The average molecular weight is 266 g/mol. The molecule has 4 heteroatoms. The largest absolute Gasteiger partial charge is 0.368 e. The normalized spacial score (nSPS) is 11.1. The van der Waals surface area contributed by atoms with Gasteiger partial charge in [0.15, 0.2) is 0 Å². The number of carbonyl (C=O) groups is 1. The van der Waals surface area contributed by atoms with E-state index < -0.39 is 0 Å². The summed E-state index contributed by atoms with van der Waals surface area (Å²) in [5, 5.41) is 0. The molecule has 1 aromatic carbocycles. The van der Waals surface area contributed by atoms with Crippen molar-refractivity contribution in [3.05, 3.63) is 29.6 Å². The Morgan fingerprint density at radius 2 is 1.95 bits per heavy atom. The van der Waals surface area contributed by atoms with Gasteiger partial charge in [-0.2, -0.15) is 0 Å². The van der Waals surface area contributed by atoms with Crippen LogP contribution in [-0.2, 0) is 0 Å². The molecule has 0 saturated carbocycles. The van der Waals surface area contributed by atoms with Gasteiger partial charge < -0.3 is 9.80 Å². The fourth-order valence-electron chi connectivity index (χ4n) is 1.92. The number of rotatable bonds is 7. The molecule has 0 amide bonds. The molecule has 0 radical (unpaired) electrons. The Morgan fingerprint density at radius 1 is 1.26 bits per heavy atom. The van der Waals surface area contributed by atoms with Crippen LogP contribution >= 0.6 is 0 Å². The summed E-state index contributed by atoms with van der Waals surface area (Å²) in [4.78, 5) is 14.8. The van der Waals surface area contributed by atoms with E-state index in [2.05, 4.69) is 18.7 Å². The van der Waals surface area contributed by atoms with E-state index in [-0.39, 0.29) is 5.82 Å². The second-order valence-corrected chi connectivity index (χ2v) is 5.47. The Hall–Kier alpha value is -1.42. The first-order chi connectivity index (χ1) is 8.93. The molecule has 0 atom stereocenters. The maximum atomic E-state index is 14.0. The van der Waals surface area contributed by atoms with Crippen LogP contribution in [0.5, 0.6) is 0 Å². The van der Waals surface area contributed by atoms with Crippen molar-refractivity contribution in [3.8, 4) is 0 Å². The first kappa shape index (κ1) is 15.6. The van der Waals surface area contributed by atoms with Gasteiger partial charge in [0.25, 0.3) is 0 Å². The molecule has 1 rings (SSSR count). The van der Waals surface area contributed by atoms with Crippen LogP contribution in [0.2, 0.25) is 0 Å². The number of nitrogens with zero attached hydrogens (tertiary/aromatic N) is 2. The van der Waals surface area contributed by atoms with Crippen LogP contribution in [0.3, 0.4) is 0 Å². The molecule has 0 spiro atoms. The smallest absolute Gasteiger partial charge is 0.150 e. The maximum absolute atomic E-state index is 14.0. The van der Waals surface area contributed by atoms with Crippen molar-refractivity contribution < 1.29 is 9.18 Å². The fraction of sp³-hybridized carbons (Fsp3) is 0.533. The minimum absolute atomic E-state index is 0.330. The van der Waals surface area contributed by atoms with Crippen molar-refractivity contribution in [3.63, 3.8) is 0 Å². The molecular formula is C15H23FN2O. The van der Waals surface area contributed by atoms with E-state index in [0.29, 0.717) is 23.5 Å². The highest BCUT2D eigenvalue weighted by Gasteiger charge is 2.13. The predicted molar refractivity (Wildman–Crippen MR) is 77.4 cm³/mol. The molecule has 0 saturated heterocycles. The fourth-order valence-corrected chi connectivity index (χ4v) is 1.92. The number of anilines is 1. The monoisotopic (exact) mass is 266 g/mol. The second kappa shape index (κ2) is 7.24. The first-order valence-electron chi connectivity index (χ1n) is 6.58. The van der Waals surface area contributed by atoms with Gasteiger partial charge in [-0.1, -0.05) is 13.8 Å². The minimum Gasteiger partial charge on any atom is -0.368 e. The number of carbonyl (C=O) groups excluding carboxylic acids is 1. The highest BCUT2D eigenvalue weighted by molar-refractivity contribution is 5.76. The van der Waals surface area contributed by atoms with Gasteiger partial charge in [0, 0.05) is 25.2 Å². The van der Waals surface area contributed by atoms with Crippen molar-refractivity contribution in [1.29, 1.82) is 0 Å². The third-order valence-electron chi connectivity index (χ3n) is 2.85. The molecule has 0 aliphatic rings. The van der Waals surface area contributed by atoms with Gasteiger partial charge in [-0.05, 0) is 38.2 Å². The molecule has 0 heterocycles. The first-order valence-corrected chi connectivity index (χ1v) is 6.58. The van der Waals surface area contributed by atoms with E-state index in [0.717, 1.165) is 19.6 Å². The lowest BCUT2D eigenvalue weighted by Crippen LogP contribution is -2.35. The molecule has 0 aliphatic heterocycles. The van der Waals surface area contributed by atoms with Gasteiger partial charge in [0.05, 0.1) is 5.69 Å². The van der Waals surface area contributed by atoms with Gasteiger partial charge in [-0.3, -0.25) is 4.79 Å². The molecule has 1 aromatic rings. The Balaban J connectivity index is 2.92. The summed E-state index contributed by atoms with van der Waals surface area (Å²) in [6.07, 6.45) is 0.666. The third-order valence-corrected chi connectivity index (χ3v) is 2.85. The lowest BCUT2D eigenvalue weighted by molar-refractivity contribution is 0.112. The molecule has 0 N–H and O–H groups in total. The van der Waals surface area contributed by atoms with Gasteiger partial charge in [0.1, 0.15) is 12.1 Å². The Kier molecular flexibility index (Phi) is 5.96. The van der Waals surface area contributed by atoms with Crippen molar-refractivity contribution in [2.24, 2.45) is 5.92 Å². The number of hydrogen-bond acceptors (Lipinski definition) is 3. The molecule has 3 nitrogen and oxygen atoms in total. The molecular weight excluding hydrogens is 243 g/mol. The number of hydrogen-bond donors (Lipinski definition) is 0. The SMILES string of the molecule is CC(C)CN(CCN(C)C)c1ccc(C=O)cc1F. The quantitative estimate of drug-likeness (QED) is 0.709. The molecule has 19 heavy (non-hydrogen) atoms. The third kappa shape index (κ3) is 4.99. The van der Waals surface area contributed by atoms with E-state index in [9.17, 15) is 9.18 Å². The van der Waals surface area contributed by atoms with Gasteiger partial charge in [-0.25, -0.2) is 4.39 Å². The zero-order valence-corrected chi connectivity index (χ0v) is 12.2. The maximum Gasteiger partial charge on any atom is 0.150 e. The van der Waals surface area contributed by atoms with Crippen molar-refractivity contribution in [2.45, 2.75) is 13.8 Å². The standard InChI is InChI=1S/C15H23FN2O/c1-12(2)10-18(8-7-17(3)4)15-6-5-13(11-19)9-14(15)16/h5-6,9,11-12H,7-8,10H2,1-4H3. The summed E-state index contributed by atoms with van der Waals surface area (Å²) < 4.78 is 14.0. The summed E-state index contributed by atoms with van der Waals surface area (Å²) in [6.45, 7) is 6.65. The van der Waals surface area contributed by atoms with Crippen LogP contribution in [0.25, 0.3) is 0 Å². The summed E-state index contributed by atoms with van der Waals surface area (Å²) in [6, 6.07) is 4.65. The molecule has 0 aromatic heterocycles. The van der Waals surface area contributed by atoms with Crippen LogP contribution < -0.4 is 4.90 Å². The van der Waals surface area contributed by atoms with Gasteiger partial charge in [-0.15, -0.1) is 0 Å². The Labute approximate surface area is 115 Å². The van der Waals surface area contributed by atoms with E-state index in [1.165, 1.54) is 6.07 Å². The number of halogens is 1. The number of aldehydes is 1. The van der Waals surface area contributed by atoms with E-state index in [4.69, 9.17) is 0 Å². The molecule has 0 unspecified atom stereocenters. The van der Waals surface area contributed by atoms with Crippen LogP contribution in [0, 0.1) is 11.7 Å². The minimum atomic E-state index is -0.330. The molecule has 106 valence electrons. The van der Waals surface area contributed by atoms with Crippen LogP contribution in [0.4, 0.5) is 10.1 Å². The Morgan fingerprint density at radius 3 is 2.42 bits per heavy atom. The topological polar surface area (TPSA) is 23.6 Å². The summed E-state index contributed by atoms with van der Waals surface area (Å²) in [5.74, 6) is 0.122. The van der Waals surface area contributed by atoms with Crippen molar-refractivity contribution in [2.75, 3.05) is 38.6 Å². The second-order valence-electron chi connectivity index (χ2n) is 5.47. The molecule has 0 bridgehead atoms. The molecule has 0 aliphatic carbocycles. The van der Waals surface area contributed by atoms with E-state index in [1.54, 1.807) is 12.1 Å². The van der Waals surface area contributed by atoms with Gasteiger partial charge >= 0.3 is 0 Å². The predicted octanol–water partition coefficient (Wildman–Crippen LogP) is 2.66. The summed E-state index contributed by atoms with van der Waals surface area (Å²) in [7, 11) is 4.00. The highest BCUT2D eigenvalue weighted by Crippen LogP contribution is 2.21. The lowest BCUT2D eigenvalue weighted by atomic mass is 10.1. The van der Waals surface area contributed by atoms with Crippen LogP contribution in [-0.4, -0.2) is 44.9 Å². The van der Waals surface area contributed by atoms with Crippen molar-refractivity contribution >= 4 is 12.0 Å². The molecule has 0 fully saturated rings. The van der Waals surface area contributed by atoms with Crippen LogP contribution in [0.1, 0.15) is 24.2 Å². The van der Waals surface area contributed by atoms with Crippen molar-refractivity contribution in [1.82, 2.24) is 4.90 Å². The van der Waals surface area contributed by atoms with Crippen LogP contribution in [0.15, 0.2) is 18.2 Å². The lowest BCUT2D eigenvalue weighted by Gasteiger charge is -2.28. The average Bonchev–Trinajstić information content (AvgIpc) is 2.34. The van der Waals surface area contributed by atoms with E-state index >= 15 is 0 Å². The summed E-state index contributed by atoms with van der Waals surface area (Å²) in [5.41, 5.74) is 0.944. The number of likely N-dealkylation sites (N-methyl/N-ethyl adjacent to an activating group) is 1. The van der Waals surface area contributed by atoms with Gasteiger partial charge in [0.2, 0.25) is 0 Å².